The number of anilines is 1. The molecule has 0 bridgehead atoms. The van der Waals surface area contributed by atoms with Crippen LogP contribution in [0.15, 0.2) is 0 Å². The maximum Gasteiger partial charge on any atom is 0.140 e. The maximum atomic E-state index is 5.81. The molecule has 0 saturated carbocycles. The molecule has 0 spiro atoms. The standard InChI is InChI=1S/C6H10ClN3/c1-3-4-5(7)6(8)10(2)9-4/h3,8H2,1-2H3. The van der Waals surface area contributed by atoms with E-state index in [1.165, 1.54) is 0 Å². The summed E-state index contributed by atoms with van der Waals surface area (Å²) >= 11 is 5.81. The highest BCUT2D eigenvalue weighted by molar-refractivity contribution is 6.33. The lowest BCUT2D eigenvalue weighted by Gasteiger charge is -1.89. The largest absolute Gasteiger partial charge is 0.383 e. The van der Waals surface area contributed by atoms with Crippen LogP contribution < -0.4 is 5.73 Å². The molecule has 1 aromatic heterocycles. The molecule has 0 aliphatic carbocycles. The van der Waals surface area contributed by atoms with Crippen molar-refractivity contribution in [1.29, 1.82) is 0 Å². The summed E-state index contributed by atoms with van der Waals surface area (Å²) in [5, 5.41) is 4.68. The molecule has 0 aromatic carbocycles. The van der Waals surface area contributed by atoms with Gasteiger partial charge < -0.3 is 5.73 Å². The van der Waals surface area contributed by atoms with Gasteiger partial charge in [0.15, 0.2) is 0 Å². The van der Waals surface area contributed by atoms with Gasteiger partial charge in [0.25, 0.3) is 0 Å². The lowest BCUT2D eigenvalue weighted by Crippen LogP contribution is -1.97. The van der Waals surface area contributed by atoms with E-state index in [9.17, 15) is 0 Å². The zero-order valence-electron chi connectivity index (χ0n) is 6.06. The maximum absolute atomic E-state index is 5.81. The fourth-order valence-electron chi connectivity index (χ4n) is 0.795. The summed E-state index contributed by atoms with van der Waals surface area (Å²) in [6.45, 7) is 1.99. The first-order valence-corrected chi connectivity index (χ1v) is 3.51. The van der Waals surface area contributed by atoms with Crippen molar-refractivity contribution in [3.8, 4) is 0 Å². The van der Waals surface area contributed by atoms with Gasteiger partial charge in [-0.1, -0.05) is 18.5 Å². The predicted octanol–water partition coefficient (Wildman–Crippen LogP) is 1.22. The van der Waals surface area contributed by atoms with Crippen LogP contribution in [0.5, 0.6) is 0 Å². The average Bonchev–Trinajstić information content (AvgIpc) is 2.17. The SMILES string of the molecule is CCc1nn(C)c(N)c1Cl. The van der Waals surface area contributed by atoms with Gasteiger partial charge in [-0.15, -0.1) is 0 Å². The second-order valence-electron chi connectivity index (χ2n) is 2.12. The molecular weight excluding hydrogens is 150 g/mol. The van der Waals surface area contributed by atoms with E-state index in [1.807, 2.05) is 6.92 Å². The third-order valence-electron chi connectivity index (χ3n) is 1.43. The van der Waals surface area contributed by atoms with Gasteiger partial charge in [-0.05, 0) is 6.42 Å². The van der Waals surface area contributed by atoms with Gasteiger partial charge in [0.2, 0.25) is 0 Å². The molecule has 0 amide bonds. The van der Waals surface area contributed by atoms with Gasteiger partial charge in [-0.2, -0.15) is 5.10 Å². The third-order valence-corrected chi connectivity index (χ3v) is 1.84. The Morgan fingerprint density at radius 2 is 2.30 bits per heavy atom. The monoisotopic (exact) mass is 159 g/mol. The number of hydrogen-bond donors (Lipinski definition) is 1. The molecule has 0 aliphatic heterocycles. The van der Waals surface area contributed by atoms with E-state index >= 15 is 0 Å². The Morgan fingerprint density at radius 1 is 1.70 bits per heavy atom. The smallest absolute Gasteiger partial charge is 0.140 e. The van der Waals surface area contributed by atoms with Crippen LogP contribution >= 0.6 is 11.6 Å². The molecule has 0 fully saturated rings. The van der Waals surface area contributed by atoms with E-state index in [-0.39, 0.29) is 0 Å². The van der Waals surface area contributed by atoms with E-state index < -0.39 is 0 Å². The Kier molecular flexibility index (Phi) is 1.85. The molecule has 0 unspecified atom stereocenters. The number of halogens is 1. The van der Waals surface area contributed by atoms with Gasteiger partial charge >= 0.3 is 0 Å². The quantitative estimate of drug-likeness (QED) is 0.670. The van der Waals surface area contributed by atoms with Crippen molar-refractivity contribution in [3.05, 3.63) is 10.7 Å². The molecule has 0 atom stereocenters. The van der Waals surface area contributed by atoms with Crippen LogP contribution in [0.2, 0.25) is 5.02 Å². The molecule has 2 N–H and O–H groups in total. The molecule has 0 radical (unpaired) electrons. The van der Waals surface area contributed by atoms with Crippen molar-refractivity contribution in [1.82, 2.24) is 9.78 Å². The highest BCUT2D eigenvalue weighted by Gasteiger charge is 2.07. The summed E-state index contributed by atoms with van der Waals surface area (Å²) in [5.41, 5.74) is 6.41. The van der Waals surface area contributed by atoms with E-state index in [0.717, 1.165) is 12.1 Å². The third kappa shape index (κ3) is 0.968. The lowest BCUT2D eigenvalue weighted by molar-refractivity contribution is 0.755. The van der Waals surface area contributed by atoms with Crippen LogP contribution in [0.3, 0.4) is 0 Å². The minimum absolute atomic E-state index is 0.540. The molecule has 1 rings (SSSR count). The average molecular weight is 160 g/mol. The Balaban J connectivity index is 3.17. The Hall–Kier alpha value is -0.700. The van der Waals surface area contributed by atoms with Gasteiger partial charge in [0, 0.05) is 7.05 Å². The minimum Gasteiger partial charge on any atom is -0.383 e. The zero-order valence-corrected chi connectivity index (χ0v) is 6.81. The Labute approximate surface area is 64.8 Å². The molecule has 0 aliphatic rings. The number of aryl methyl sites for hydroxylation is 2. The van der Waals surface area contributed by atoms with Crippen molar-refractivity contribution < 1.29 is 0 Å². The van der Waals surface area contributed by atoms with Crippen LogP contribution in [0.1, 0.15) is 12.6 Å². The molecular formula is C6H10ClN3. The second-order valence-corrected chi connectivity index (χ2v) is 2.50. The van der Waals surface area contributed by atoms with Crippen LogP contribution in [-0.4, -0.2) is 9.78 Å². The van der Waals surface area contributed by atoms with Crippen molar-refractivity contribution in [2.45, 2.75) is 13.3 Å². The number of aromatic nitrogens is 2. The van der Waals surface area contributed by atoms with Crippen molar-refractivity contribution in [2.75, 3.05) is 5.73 Å². The predicted molar refractivity (Wildman–Crippen MR) is 42.0 cm³/mol. The van der Waals surface area contributed by atoms with E-state index in [2.05, 4.69) is 5.10 Å². The summed E-state index contributed by atoms with van der Waals surface area (Å²) in [5.74, 6) is 0.540. The summed E-state index contributed by atoms with van der Waals surface area (Å²) in [6, 6.07) is 0. The van der Waals surface area contributed by atoms with Crippen molar-refractivity contribution in [3.63, 3.8) is 0 Å². The van der Waals surface area contributed by atoms with Crippen LogP contribution in [0.4, 0.5) is 5.82 Å². The molecule has 1 heterocycles. The van der Waals surface area contributed by atoms with Crippen molar-refractivity contribution >= 4 is 17.4 Å². The van der Waals surface area contributed by atoms with E-state index in [0.29, 0.717) is 10.8 Å². The molecule has 4 heteroatoms. The van der Waals surface area contributed by atoms with Crippen LogP contribution in [0.25, 0.3) is 0 Å². The molecule has 1 aromatic rings. The number of nitrogen functional groups attached to an aromatic ring is 1. The van der Waals surface area contributed by atoms with Gasteiger partial charge in [0.05, 0.1) is 5.69 Å². The Bertz CT molecular complexity index is 241. The fraction of sp³-hybridized carbons (Fsp3) is 0.500. The number of nitrogens with two attached hydrogens (primary N) is 1. The first-order valence-electron chi connectivity index (χ1n) is 3.13. The zero-order chi connectivity index (χ0) is 7.72. The molecule has 0 saturated heterocycles. The minimum atomic E-state index is 0.540. The molecule has 56 valence electrons. The number of nitrogens with zero attached hydrogens (tertiary/aromatic N) is 2. The highest BCUT2D eigenvalue weighted by Crippen LogP contribution is 2.21. The lowest BCUT2D eigenvalue weighted by atomic mass is 10.3. The fourth-order valence-corrected chi connectivity index (χ4v) is 1.09. The molecule has 3 nitrogen and oxygen atoms in total. The van der Waals surface area contributed by atoms with E-state index in [4.69, 9.17) is 17.3 Å². The normalized spacial score (nSPS) is 10.3. The Morgan fingerprint density at radius 3 is 2.50 bits per heavy atom. The van der Waals surface area contributed by atoms with Crippen LogP contribution in [-0.2, 0) is 13.5 Å². The van der Waals surface area contributed by atoms with Crippen LogP contribution in [0, 0.1) is 0 Å². The van der Waals surface area contributed by atoms with Gasteiger partial charge in [0.1, 0.15) is 10.8 Å². The van der Waals surface area contributed by atoms with Gasteiger partial charge in [-0.25, -0.2) is 0 Å². The second kappa shape index (κ2) is 2.50. The first-order chi connectivity index (χ1) is 4.66. The molecule has 10 heavy (non-hydrogen) atoms. The summed E-state index contributed by atoms with van der Waals surface area (Å²) in [4.78, 5) is 0. The first kappa shape index (κ1) is 7.41. The summed E-state index contributed by atoms with van der Waals surface area (Å²) in [6.07, 6.45) is 0.823. The highest BCUT2D eigenvalue weighted by atomic mass is 35.5. The number of hydrogen-bond acceptors (Lipinski definition) is 2. The number of rotatable bonds is 1. The topological polar surface area (TPSA) is 43.8 Å². The summed E-state index contributed by atoms with van der Waals surface area (Å²) < 4.78 is 1.58. The van der Waals surface area contributed by atoms with Crippen molar-refractivity contribution in [2.24, 2.45) is 7.05 Å². The van der Waals surface area contributed by atoms with Gasteiger partial charge in [-0.3, -0.25) is 4.68 Å². The van der Waals surface area contributed by atoms with E-state index in [1.54, 1.807) is 11.7 Å². The summed E-state index contributed by atoms with van der Waals surface area (Å²) in [7, 11) is 1.78.